The van der Waals surface area contributed by atoms with Crippen LogP contribution in [-0.4, -0.2) is 51.6 Å². The number of nitrogens with zero attached hydrogens (tertiary/aromatic N) is 4. The van der Waals surface area contributed by atoms with Gasteiger partial charge in [-0.15, -0.1) is 11.3 Å². The van der Waals surface area contributed by atoms with Gasteiger partial charge in [-0.3, -0.25) is 9.69 Å². The van der Waals surface area contributed by atoms with Crippen molar-refractivity contribution < 1.29 is 9.53 Å². The Morgan fingerprint density at radius 1 is 1.22 bits per heavy atom. The van der Waals surface area contributed by atoms with Crippen molar-refractivity contribution >= 4 is 22.9 Å². The minimum absolute atomic E-state index is 0.210. The van der Waals surface area contributed by atoms with Crippen LogP contribution in [0.2, 0.25) is 0 Å². The Morgan fingerprint density at radius 3 is 2.78 bits per heavy atom. The van der Waals surface area contributed by atoms with Crippen LogP contribution in [0.25, 0.3) is 16.1 Å². The Balaban J connectivity index is 1.37. The van der Waals surface area contributed by atoms with E-state index in [2.05, 4.69) is 26.3 Å². The molecule has 0 unspecified atom stereocenters. The molecule has 36 heavy (non-hydrogen) atoms. The molecule has 4 aromatic rings. The van der Waals surface area contributed by atoms with Crippen molar-refractivity contribution in [1.82, 2.24) is 19.4 Å². The number of imidazole rings is 1. The van der Waals surface area contributed by atoms with Crippen molar-refractivity contribution in [2.45, 2.75) is 32.4 Å². The van der Waals surface area contributed by atoms with Crippen molar-refractivity contribution in [2.75, 3.05) is 25.5 Å². The number of carbonyl (C=O) groups is 1. The first kappa shape index (κ1) is 24.2. The van der Waals surface area contributed by atoms with Gasteiger partial charge in [-0.05, 0) is 79.9 Å². The van der Waals surface area contributed by atoms with E-state index < -0.39 is 0 Å². The third-order valence-electron chi connectivity index (χ3n) is 6.27. The zero-order valence-corrected chi connectivity index (χ0v) is 21.3. The maximum atomic E-state index is 13.1. The molecule has 186 valence electrons. The van der Waals surface area contributed by atoms with Gasteiger partial charge >= 0.3 is 0 Å². The number of hydrogen-bond acceptors (Lipinski definition) is 7. The number of likely N-dealkylation sites (tertiary alicyclic amines) is 1. The van der Waals surface area contributed by atoms with Crippen LogP contribution in [0.15, 0.2) is 61.2 Å². The average molecular weight is 503 g/mol. The molecule has 1 atom stereocenters. The lowest BCUT2D eigenvalue weighted by molar-refractivity contribution is 0.102. The number of amides is 1. The predicted molar refractivity (Wildman–Crippen MR) is 143 cm³/mol. The van der Waals surface area contributed by atoms with Gasteiger partial charge in [-0.2, -0.15) is 0 Å². The molecular weight excluding hydrogens is 472 g/mol. The predicted octanol–water partition coefficient (Wildman–Crippen LogP) is 4.49. The van der Waals surface area contributed by atoms with Gasteiger partial charge in [0.05, 0.1) is 24.0 Å². The molecular formula is C27H30N6O2S. The smallest absolute Gasteiger partial charge is 0.284 e. The van der Waals surface area contributed by atoms with E-state index >= 15 is 0 Å². The third kappa shape index (κ3) is 5.64. The normalized spacial score (nSPS) is 16.1. The van der Waals surface area contributed by atoms with Crippen molar-refractivity contribution in [3.63, 3.8) is 0 Å². The first-order valence-electron chi connectivity index (χ1n) is 12.0. The summed E-state index contributed by atoms with van der Waals surface area (Å²) in [6.45, 7) is 4.64. The number of nitrogens with one attached hydrogen (secondary N) is 1. The minimum atomic E-state index is -0.232. The van der Waals surface area contributed by atoms with Crippen molar-refractivity contribution in [3.8, 4) is 21.9 Å². The van der Waals surface area contributed by atoms with Gasteiger partial charge in [0.2, 0.25) is 0 Å². The molecule has 1 saturated heterocycles. The highest BCUT2D eigenvalue weighted by Crippen LogP contribution is 2.29. The van der Waals surface area contributed by atoms with E-state index in [-0.39, 0.29) is 11.9 Å². The first-order chi connectivity index (χ1) is 17.5. The van der Waals surface area contributed by atoms with Gasteiger partial charge in [-0.25, -0.2) is 9.97 Å². The van der Waals surface area contributed by atoms with E-state index in [4.69, 9.17) is 10.5 Å². The highest BCUT2D eigenvalue weighted by Gasteiger charge is 2.18. The third-order valence-corrected chi connectivity index (χ3v) is 7.31. The van der Waals surface area contributed by atoms with Gasteiger partial charge < -0.3 is 20.4 Å². The molecule has 8 nitrogen and oxygen atoms in total. The van der Waals surface area contributed by atoms with Crippen LogP contribution in [0, 0.1) is 6.92 Å². The molecule has 9 heteroatoms. The Kier molecular flexibility index (Phi) is 7.13. The maximum absolute atomic E-state index is 13.1. The number of ether oxygens (including phenoxy) is 1. The number of piperidine rings is 1. The molecule has 0 radical (unpaired) electrons. The van der Waals surface area contributed by atoms with Crippen molar-refractivity contribution in [1.29, 1.82) is 0 Å². The summed E-state index contributed by atoms with van der Waals surface area (Å²) < 4.78 is 7.20. The quantitative estimate of drug-likeness (QED) is 0.386. The monoisotopic (exact) mass is 502 g/mol. The molecule has 3 N–H and O–H groups in total. The number of aryl methyl sites for hydroxylation is 1. The summed E-state index contributed by atoms with van der Waals surface area (Å²) in [7, 11) is 1.64. The van der Waals surface area contributed by atoms with E-state index in [9.17, 15) is 4.79 Å². The maximum Gasteiger partial charge on any atom is 0.284 e. The molecule has 2 aromatic carbocycles. The lowest BCUT2D eigenvalue weighted by Gasteiger charge is -2.30. The molecule has 2 aromatic heterocycles. The second-order valence-corrected chi connectivity index (χ2v) is 10.2. The zero-order chi connectivity index (χ0) is 25.1. The fraction of sp³-hybridized carbons (Fsp3) is 0.296. The number of methoxy groups -OCH3 is 1. The van der Waals surface area contributed by atoms with Gasteiger partial charge in [0.1, 0.15) is 5.75 Å². The number of thiazole rings is 1. The van der Waals surface area contributed by atoms with Gasteiger partial charge in [0.15, 0.2) is 5.01 Å². The summed E-state index contributed by atoms with van der Waals surface area (Å²) in [6.07, 6.45) is 7.67. The topological polar surface area (TPSA) is 98.3 Å². The number of hydrogen-bond donors (Lipinski definition) is 2. The molecule has 0 bridgehead atoms. The van der Waals surface area contributed by atoms with E-state index in [0.717, 1.165) is 71.3 Å². The van der Waals surface area contributed by atoms with Gasteiger partial charge in [0.25, 0.3) is 5.91 Å². The Bertz CT molecular complexity index is 1350. The lowest BCUT2D eigenvalue weighted by Crippen LogP contribution is -2.42. The molecule has 3 heterocycles. The lowest BCUT2D eigenvalue weighted by atomic mass is 10.1. The van der Waals surface area contributed by atoms with Crippen LogP contribution in [0.5, 0.6) is 5.75 Å². The summed E-state index contributed by atoms with van der Waals surface area (Å²) in [4.78, 5) is 25.2. The largest absolute Gasteiger partial charge is 0.497 e. The Morgan fingerprint density at radius 2 is 2.06 bits per heavy atom. The molecule has 0 saturated carbocycles. The Labute approximate surface area is 214 Å². The van der Waals surface area contributed by atoms with Crippen LogP contribution in [0.4, 0.5) is 5.69 Å². The fourth-order valence-electron chi connectivity index (χ4n) is 4.49. The molecule has 0 spiro atoms. The molecule has 1 fully saturated rings. The summed E-state index contributed by atoms with van der Waals surface area (Å²) >= 11 is 1.36. The molecule has 1 aliphatic rings. The molecule has 5 rings (SSSR count). The summed E-state index contributed by atoms with van der Waals surface area (Å²) in [6, 6.07) is 14.1. The summed E-state index contributed by atoms with van der Waals surface area (Å²) in [5.41, 5.74) is 10.9. The van der Waals surface area contributed by atoms with E-state index in [1.165, 1.54) is 11.3 Å². The van der Waals surface area contributed by atoms with Crippen LogP contribution >= 0.6 is 11.3 Å². The van der Waals surface area contributed by atoms with Gasteiger partial charge in [-0.1, -0.05) is 0 Å². The number of carbonyl (C=O) groups excluding carboxylic acids is 1. The summed E-state index contributed by atoms with van der Waals surface area (Å²) in [5.74, 6) is 0.557. The Hall–Kier alpha value is -3.53. The molecule has 1 amide bonds. The molecule has 0 aliphatic carbocycles. The SMILES string of the molecule is COc1ccc(-c2cnc(C(=O)Nc3cc(CN4CCC[C@H](N)C4)cc(-n4cnc(C)c4)c3)s2)cc1. The van der Waals surface area contributed by atoms with Crippen LogP contribution < -0.4 is 15.8 Å². The highest BCUT2D eigenvalue weighted by atomic mass is 32.1. The average Bonchev–Trinajstić information content (AvgIpc) is 3.54. The molecule has 1 aliphatic heterocycles. The minimum Gasteiger partial charge on any atom is -0.497 e. The van der Waals surface area contributed by atoms with Gasteiger partial charge in [0, 0.05) is 42.9 Å². The van der Waals surface area contributed by atoms with Crippen LogP contribution in [0.3, 0.4) is 0 Å². The number of nitrogens with two attached hydrogens (primary N) is 1. The highest BCUT2D eigenvalue weighted by molar-refractivity contribution is 7.17. The fourth-order valence-corrected chi connectivity index (χ4v) is 5.31. The number of anilines is 1. The summed E-state index contributed by atoms with van der Waals surface area (Å²) in [5, 5.41) is 3.47. The number of rotatable bonds is 7. The second kappa shape index (κ2) is 10.6. The standard InChI is InChI=1S/C27H30N6O2S/c1-18-14-33(17-30-18)23-11-19(15-32-9-3-4-21(28)16-32)10-22(12-23)31-26(34)27-29-13-25(36-27)20-5-7-24(35-2)8-6-20/h5-8,10-14,17,21H,3-4,9,15-16,28H2,1-2H3,(H,31,34)/t21-/m0/s1. The number of aromatic nitrogens is 3. The second-order valence-electron chi connectivity index (χ2n) is 9.16. The van der Waals surface area contributed by atoms with Crippen molar-refractivity contribution in [3.05, 3.63) is 77.5 Å². The zero-order valence-electron chi connectivity index (χ0n) is 20.5. The van der Waals surface area contributed by atoms with Crippen LogP contribution in [0.1, 0.15) is 33.9 Å². The van der Waals surface area contributed by atoms with E-state index in [1.54, 1.807) is 19.6 Å². The van der Waals surface area contributed by atoms with Crippen molar-refractivity contribution in [2.24, 2.45) is 5.73 Å². The van der Waals surface area contributed by atoms with E-state index in [0.29, 0.717) is 5.01 Å². The van der Waals surface area contributed by atoms with Crippen LogP contribution in [-0.2, 0) is 6.54 Å². The number of benzene rings is 2. The van der Waals surface area contributed by atoms with E-state index in [1.807, 2.05) is 54.1 Å². The first-order valence-corrected chi connectivity index (χ1v) is 12.8.